The van der Waals surface area contributed by atoms with Crippen molar-refractivity contribution in [3.63, 3.8) is 0 Å². The van der Waals surface area contributed by atoms with Gasteiger partial charge in [0.25, 0.3) is 0 Å². The van der Waals surface area contributed by atoms with Crippen LogP contribution in [0.4, 0.5) is 0 Å². The largest absolute Gasteiger partial charge is 0.507 e. The van der Waals surface area contributed by atoms with E-state index in [-0.39, 0.29) is 0 Å². The van der Waals surface area contributed by atoms with Crippen molar-refractivity contribution >= 4 is 5.57 Å². The zero-order valence-electron chi connectivity index (χ0n) is 9.22. The topological polar surface area (TPSA) is 20.2 Å². The number of rotatable bonds is 3. The summed E-state index contributed by atoms with van der Waals surface area (Å²) in [5.74, 6) is 0.353. The van der Waals surface area contributed by atoms with Crippen LogP contribution in [0.15, 0.2) is 18.7 Å². The predicted molar refractivity (Wildman–Crippen MR) is 61.5 cm³/mol. The molecule has 1 heteroatoms. The highest BCUT2D eigenvalue weighted by Gasteiger charge is 2.09. The maximum atomic E-state index is 9.75. The molecule has 0 atom stereocenters. The minimum atomic E-state index is 0.353. The van der Waals surface area contributed by atoms with Gasteiger partial charge in [-0.1, -0.05) is 26.0 Å². The van der Waals surface area contributed by atoms with Gasteiger partial charge >= 0.3 is 0 Å². The Hall–Kier alpha value is -1.24. The number of benzene rings is 1. The Morgan fingerprint density at radius 1 is 1.36 bits per heavy atom. The van der Waals surface area contributed by atoms with Crippen LogP contribution in [0.3, 0.4) is 0 Å². The van der Waals surface area contributed by atoms with Crippen molar-refractivity contribution in [3.05, 3.63) is 35.4 Å². The van der Waals surface area contributed by atoms with Crippen molar-refractivity contribution < 1.29 is 5.11 Å². The average Bonchev–Trinajstić information content (AvgIpc) is 2.13. The van der Waals surface area contributed by atoms with Gasteiger partial charge in [0.1, 0.15) is 5.75 Å². The van der Waals surface area contributed by atoms with Gasteiger partial charge in [-0.05, 0) is 43.0 Å². The summed E-state index contributed by atoms with van der Waals surface area (Å²) in [5, 5.41) is 9.75. The summed E-state index contributed by atoms with van der Waals surface area (Å²) in [6.45, 7) is 10.2. The van der Waals surface area contributed by atoms with Crippen LogP contribution in [-0.4, -0.2) is 5.11 Å². The number of allylic oxidation sites excluding steroid dienone is 1. The molecule has 0 spiro atoms. The van der Waals surface area contributed by atoms with Gasteiger partial charge in [-0.3, -0.25) is 0 Å². The van der Waals surface area contributed by atoms with Gasteiger partial charge in [0.15, 0.2) is 0 Å². The zero-order valence-corrected chi connectivity index (χ0v) is 9.22. The van der Waals surface area contributed by atoms with Gasteiger partial charge in [-0.15, -0.1) is 0 Å². The standard InChI is InChI=1S/C13H18O/c1-5-6-10(3)13-11(4)9(2)7-8-12(13)14/h7-8,14H,3,5-6H2,1-2,4H3. The molecule has 0 saturated heterocycles. The first kappa shape index (κ1) is 10.8. The van der Waals surface area contributed by atoms with Gasteiger partial charge in [0.05, 0.1) is 0 Å². The Balaban J connectivity index is 3.18. The van der Waals surface area contributed by atoms with Gasteiger partial charge in [-0.25, -0.2) is 0 Å². The summed E-state index contributed by atoms with van der Waals surface area (Å²) in [5.41, 5.74) is 4.32. The third-order valence-electron chi connectivity index (χ3n) is 2.62. The summed E-state index contributed by atoms with van der Waals surface area (Å²) in [6, 6.07) is 3.69. The molecule has 0 unspecified atom stereocenters. The van der Waals surface area contributed by atoms with Crippen molar-refractivity contribution in [2.45, 2.75) is 33.6 Å². The van der Waals surface area contributed by atoms with Crippen LogP contribution >= 0.6 is 0 Å². The third-order valence-corrected chi connectivity index (χ3v) is 2.62. The second-order valence-electron chi connectivity index (χ2n) is 3.76. The number of phenols is 1. The molecule has 0 aromatic heterocycles. The smallest absolute Gasteiger partial charge is 0.123 e. The molecule has 0 amide bonds. The SMILES string of the molecule is C=C(CCC)c1c(O)ccc(C)c1C. The molecule has 1 aromatic rings. The van der Waals surface area contributed by atoms with Crippen LogP contribution < -0.4 is 0 Å². The van der Waals surface area contributed by atoms with Gasteiger partial charge < -0.3 is 5.11 Å². The fraction of sp³-hybridized carbons (Fsp3) is 0.385. The minimum Gasteiger partial charge on any atom is -0.507 e. The van der Waals surface area contributed by atoms with E-state index in [4.69, 9.17) is 0 Å². The van der Waals surface area contributed by atoms with Crippen molar-refractivity contribution in [3.8, 4) is 5.75 Å². The van der Waals surface area contributed by atoms with Gasteiger partial charge in [-0.2, -0.15) is 0 Å². The van der Waals surface area contributed by atoms with Crippen LogP contribution in [0.5, 0.6) is 5.75 Å². The van der Waals surface area contributed by atoms with E-state index in [2.05, 4.69) is 20.4 Å². The first-order valence-corrected chi connectivity index (χ1v) is 5.05. The van der Waals surface area contributed by atoms with E-state index in [1.807, 2.05) is 13.0 Å². The van der Waals surface area contributed by atoms with Crippen LogP contribution in [0.1, 0.15) is 36.5 Å². The van der Waals surface area contributed by atoms with Gasteiger partial charge in [0, 0.05) is 5.56 Å². The Morgan fingerprint density at radius 2 is 2.00 bits per heavy atom. The lowest BCUT2D eigenvalue weighted by atomic mass is 9.94. The molecule has 76 valence electrons. The first-order chi connectivity index (χ1) is 6.57. The summed E-state index contributed by atoms with van der Waals surface area (Å²) in [4.78, 5) is 0. The maximum Gasteiger partial charge on any atom is 0.123 e. The molecule has 0 fully saturated rings. The lowest BCUT2D eigenvalue weighted by molar-refractivity contribution is 0.472. The van der Waals surface area contributed by atoms with E-state index in [1.165, 1.54) is 5.56 Å². The quantitative estimate of drug-likeness (QED) is 0.768. The van der Waals surface area contributed by atoms with E-state index in [0.29, 0.717) is 5.75 Å². The zero-order chi connectivity index (χ0) is 10.7. The van der Waals surface area contributed by atoms with Gasteiger partial charge in [0.2, 0.25) is 0 Å². The lowest BCUT2D eigenvalue weighted by Crippen LogP contribution is -1.92. The highest BCUT2D eigenvalue weighted by molar-refractivity contribution is 5.72. The normalized spacial score (nSPS) is 10.2. The summed E-state index contributed by atoms with van der Waals surface area (Å²) in [6.07, 6.45) is 2.00. The van der Waals surface area contributed by atoms with Crippen LogP contribution in [0, 0.1) is 13.8 Å². The van der Waals surface area contributed by atoms with Crippen LogP contribution in [0.2, 0.25) is 0 Å². The second-order valence-corrected chi connectivity index (χ2v) is 3.76. The molecule has 0 saturated carbocycles. The maximum absolute atomic E-state index is 9.75. The molecule has 14 heavy (non-hydrogen) atoms. The molecule has 1 aromatic carbocycles. The summed E-state index contributed by atoms with van der Waals surface area (Å²) in [7, 11) is 0. The first-order valence-electron chi connectivity index (χ1n) is 5.05. The molecular weight excluding hydrogens is 172 g/mol. The number of hydrogen-bond donors (Lipinski definition) is 1. The Morgan fingerprint density at radius 3 is 2.57 bits per heavy atom. The van der Waals surface area contributed by atoms with Crippen LogP contribution in [0.25, 0.3) is 5.57 Å². The number of aromatic hydroxyl groups is 1. The molecule has 0 bridgehead atoms. The van der Waals surface area contributed by atoms with E-state index >= 15 is 0 Å². The molecule has 0 radical (unpaired) electrons. The third kappa shape index (κ3) is 1.98. The van der Waals surface area contributed by atoms with E-state index in [1.54, 1.807) is 6.07 Å². The minimum absolute atomic E-state index is 0.353. The highest BCUT2D eigenvalue weighted by atomic mass is 16.3. The Labute approximate surface area is 86.1 Å². The molecule has 0 aliphatic carbocycles. The second kappa shape index (κ2) is 4.32. The predicted octanol–water partition coefficient (Wildman–Crippen LogP) is 3.82. The fourth-order valence-corrected chi connectivity index (χ4v) is 1.67. The number of phenolic OH excluding ortho intramolecular Hbond substituents is 1. The summed E-state index contributed by atoms with van der Waals surface area (Å²) < 4.78 is 0. The number of hydrogen-bond acceptors (Lipinski definition) is 1. The molecule has 0 aliphatic rings. The van der Waals surface area contributed by atoms with Crippen molar-refractivity contribution in [2.24, 2.45) is 0 Å². The molecule has 0 aliphatic heterocycles. The molecule has 1 rings (SSSR count). The Kier molecular flexibility index (Phi) is 3.34. The molecule has 0 heterocycles. The van der Waals surface area contributed by atoms with E-state index < -0.39 is 0 Å². The number of aryl methyl sites for hydroxylation is 1. The molecular formula is C13H18O. The average molecular weight is 190 g/mol. The molecule has 1 N–H and O–H groups in total. The highest BCUT2D eigenvalue weighted by Crippen LogP contribution is 2.31. The van der Waals surface area contributed by atoms with Crippen LogP contribution in [-0.2, 0) is 0 Å². The summed E-state index contributed by atoms with van der Waals surface area (Å²) >= 11 is 0. The lowest BCUT2D eigenvalue weighted by Gasteiger charge is -2.12. The fourth-order valence-electron chi connectivity index (χ4n) is 1.67. The molecule has 1 nitrogen and oxygen atoms in total. The van der Waals surface area contributed by atoms with E-state index in [9.17, 15) is 5.11 Å². The monoisotopic (exact) mass is 190 g/mol. The van der Waals surface area contributed by atoms with E-state index in [0.717, 1.165) is 29.5 Å². The van der Waals surface area contributed by atoms with Crippen molar-refractivity contribution in [2.75, 3.05) is 0 Å². The van der Waals surface area contributed by atoms with Crippen molar-refractivity contribution in [1.29, 1.82) is 0 Å². The Bertz CT molecular complexity index is 350. The van der Waals surface area contributed by atoms with Crippen molar-refractivity contribution in [1.82, 2.24) is 0 Å².